The van der Waals surface area contributed by atoms with Crippen molar-refractivity contribution in [1.82, 2.24) is 30.2 Å². The number of hydrogen-bond donors (Lipinski definition) is 3. The molecule has 1 amide bonds. The number of aryl methyl sites for hydroxylation is 3. The summed E-state index contributed by atoms with van der Waals surface area (Å²) in [6, 6.07) is 0. The number of amides is 1. The highest BCUT2D eigenvalue weighted by atomic mass is 16.4. The first-order valence-electron chi connectivity index (χ1n) is 7.74. The third kappa shape index (κ3) is 5.74. The number of hydrogen-bond acceptors (Lipinski definition) is 4. The molecule has 0 saturated heterocycles. The van der Waals surface area contributed by atoms with E-state index in [-0.39, 0.29) is 6.17 Å². The third-order valence-corrected chi connectivity index (χ3v) is 3.44. The smallest absolute Gasteiger partial charge is 0.406 e. The van der Waals surface area contributed by atoms with Crippen LogP contribution < -0.4 is 10.6 Å². The third-order valence-electron chi connectivity index (χ3n) is 3.44. The van der Waals surface area contributed by atoms with Gasteiger partial charge in [-0.3, -0.25) is 10.00 Å². The molecule has 0 aliphatic heterocycles. The van der Waals surface area contributed by atoms with Gasteiger partial charge in [0, 0.05) is 25.4 Å². The molecule has 126 valence electrons. The average molecular weight is 320 g/mol. The van der Waals surface area contributed by atoms with Crippen LogP contribution in [0.4, 0.5) is 4.79 Å². The van der Waals surface area contributed by atoms with Crippen LogP contribution in [-0.4, -0.2) is 43.9 Å². The van der Waals surface area contributed by atoms with Crippen LogP contribution in [0.2, 0.25) is 0 Å². The van der Waals surface area contributed by atoms with Gasteiger partial charge in [0.05, 0.1) is 12.4 Å². The van der Waals surface area contributed by atoms with Crippen molar-refractivity contribution in [3.8, 4) is 0 Å². The predicted octanol–water partition coefficient (Wildman–Crippen LogP) is 1.53. The Morgan fingerprint density at radius 1 is 1.22 bits per heavy atom. The molecule has 0 fully saturated rings. The van der Waals surface area contributed by atoms with Crippen LogP contribution in [0.1, 0.15) is 30.1 Å². The second-order valence-corrected chi connectivity index (χ2v) is 5.64. The normalized spacial score (nSPS) is 12.3. The molecular weight excluding hydrogens is 296 g/mol. The molecule has 2 heterocycles. The fraction of sp³-hybridized carbons (Fsp3) is 0.533. The van der Waals surface area contributed by atoms with E-state index in [0.29, 0.717) is 13.0 Å². The van der Waals surface area contributed by atoms with Gasteiger partial charge in [-0.05, 0) is 44.5 Å². The van der Waals surface area contributed by atoms with Gasteiger partial charge in [-0.2, -0.15) is 10.2 Å². The lowest BCUT2D eigenvalue weighted by atomic mass is 10.3. The molecule has 0 saturated carbocycles. The fourth-order valence-electron chi connectivity index (χ4n) is 2.34. The maximum atomic E-state index is 10.9. The Balaban J connectivity index is 1.68. The fourth-order valence-corrected chi connectivity index (χ4v) is 2.34. The van der Waals surface area contributed by atoms with Gasteiger partial charge in [0.2, 0.25) is 0 Å². The van der Waals surface area contributed by atoms with Crippen molar-refractivity contribution in [1.29, 1.82) is 0 Å². The molecule has 2 aromatic heterocycles. The van der Waals surface area contributed by atoms with E-state index >= 15 is 0 Å². The van der Waals surface area contributed by atoms with E-state index in [1.54, 1.807) is 10.9 Å². The average Bonchev–Trinajstić information content (AvgIpc) is 3.09. The van der Waals surface area contributed by atoms with E-state index in [1.165, 1.54) is 0 Å². The highest BCUT2D eigenvalue weighted by molar-refractivity contribution is 5.64. The van der Waals surface area contributed by atoms with Crippen molar-refractivity contribution < 1.29 is 9.90 Å². The van der Waals surface area contributed by atoms with E-state index < -0.39 is 6.09 Å². The zero-order valence-electron chi connectivity index (χ0n) is 13.6. The standard InChI is InChI=1S/C15H24N6O2/c1-12-8-17-20(10-12)7-3-5-16-6-4-14(19-15(22)23)21-11-13(2)9-18-21/h8-11,14,16,19H,3-7H2,1-2H3,(H,22,23). The molecule has 3 N–H and O–H groups in total. The quantitative estimate of drug-likeness (QED) is 0.609. The Hall–Kier alpha value is -2.35. The van der Waals surface area contributed by atoms with E-state index in [1.807, 2.05) is 37.1 Å². The summed E-state index contributed by atoms with van der Waals surface area (Å²) >= 11 is 0. The maximum absolute atomic E-state index is 10.9. The minimum atomic E-state index is -1.04. The molecule has 1 unspecified atom stereocenters. The van der Waals surface area contributed by atoms with Crippen LogP contribution in [-0.2, 0) is 6.54 Å². The molecule has 2 rings (SSSR count). The summed E-state index contributed by atoms with van der Waals surface area (Å²) in [6.45, 7) is 6.39. The summed E-state index contributed by atoms with van der Waals surface area (Å²) in [5.41, 5.74) is 2.17. The maximum Gasteiger partial charge on any atom is 0.406 e. The van der Waals surface area contributed by atoms with Crippen LogP contribution in [0, 0.1) is 13.8 Å². The highest BCUT2D eigenvalue weighted by Crippen LogP contribution is 2.07. The van der Waals surface area contributed by atoms with E-state index in [0.717, 1.165) is 30.6 Å². The van der Waals surface area contributed by atoms with Crippen molar-refractivity contribution in [3.63, 3.8) is 0 Å². The largest absolute Gasteiger partial charge is 0.465 e. The monoisotopic (exact) mass is 320 g/mol. The molecule has 2 aromatic rings. The van der Waals surface area contributed by atoms with Crippen LogP contribution in [0.15, 0.2) is 24.8 Å². The van der Waals surface area contributed by atoms with E-state index in [2.05, 4.69) is 20.8 Å². The van der Waals surface area contributed by atoms with Crippen molar-refractivity contribution >= 4 is 6.09 Å². The van der Waals surface area contributed by atoms with Crippen molar-refractivity contribution in [2.75, 3.05) is 13.1 Å². The van der Waals surface area contributed by atoms with Crippen LogP contribution >= 0.6 is 0 Å². The van der Waals surface area contributed by atoms with Gasteiger partial charge in [-0.15, -0.1) is 0 Å². The molecule has 0 radical (unpaired) electrons. The van der Waals surface area contributed by atoms with Crippen LogP contribution in [0.5, 0.6) is 0 Å². The zero-order valence-corrected chi connectivity index (χ0v) is 13.6. The Labute approximate surface area is 135 Å². The van der Waals surface area contributed by atoms with Crippen molar-refractivity contribution in [2.24, 2.45) is 0 Å². The molecule has 0 aromatic carbocycles. The summed E-state index contributed by atoms with van der Waals surface area (Å²) in [5, 5.41) is 23.2. The lowest BCUT2D eigenvalue weighted by molar-refractivity contribution is 0.181. The highest BCUT2D eigenvalue weighted by Gasteiger charge is 2.13. The SMILES string of the molecule is Cc1cnn(CCCNCCC(NC(=O)O)n2cc(C)cn2)c1. The molecule has 8 nitrogen and oxygen atoms in total. The number of rotatable bonds is 9. The van der Waals surface area contributed by atoms with E-state index in [4.69, 9.17) is 5.11 Å². The second-order valence-electron chi connectivity index (χ2n) is 5.64. The predicted molar refractivity (Wildman–Crippen MR) is 86.2 cm³/mol. The number of carbonyl (C=O) groups is 1. The molecule has 23 heavy (non-hydrogen) atoms. The zero-order chi connectivity index (χ0) is 16.7. The second kappa shape index (κ2) is 8.33. The van der Waals surface area contributed by atoms with Gasteiger partial charge in [0.15, 0.2) is 0 Å². The molecule has 0 spiro atoms. The summed E-state index contributed by atoms with van der Waals surface area (Å²) in [6.07, 6.45) is 7.62. The van der Waals surface area contributed by atoms with Gasteiger partial charge in [0.25, 0.3) is 0 Å². The number of carboxylic acid groups (broad SMARTS) is 1. The number of nitrogens with zero attached hydrogens (tertiary/aromatic N) is 4. The minimum absolute atomic E-state index is 0.359. The first-order chi connectivity index (χ1) is 11.0. The number of nitrogens with one attached hydrogen (secondary N) is 2. The molecular formula is C15H24N6O2. The van der Waals surface area contributed by atoms with Gasteiger partial charge in [0.1, 0.15) is 6.17 Å². The first-order valence-corrected chi connectivity index (χ1v) is 7.74. The van der Waals surface area contributed by atoms with Crippen molar-refractivity contribution in [2.45, 2.75) is 39.4 Å². The van der Waals surface area contributed by atoms with Gasteiger partial charge in [-0.1, -0.05) is 0 Å². The lowest BCUT2D eigenvalue weighted by Crippen LogP contribution is -2.34. The van der Waals surface area contributed by atoms with Gasteiger partial charge < -0.3 is 10.4 Å². The molecule has 8 heteroatoms. The summed E-state index contributed by atoms with van der Waals surface area (Å²) in [7, 11) is 0. The van der Waals surface area contributed by atoms with Crippen molar-refractivity contribution in [3.05, 3.63) is 35.9 Å². The Morgan fingerprint density at radius 2 is 1.96 bits per heavy atom. The summed E-state index contributed by atoms with van der Waals surface area (Å²) < 4.78 is 3.58. The molecule has 1 atom stereocenters. The molecule has 0 aliphatic rings. The van der Waals surface area contributed by atoms with E-state index in [9.17, 15) is 4.79 Å². The number of aromatic nitrogens is 4. The first kappa shape index (κ1) is 17.0. The van der Waals surface area contributed by atoms with Gasteiger partial charge in [-0.25, -0.2) is 9.48 Å². The van der Waals surface area contributed by atoms with Crippen LogP contribution in [0.3, 0.4) is 0 Å². The Morgan fingerprint density at radius 3 is 2.57 bits per heavy atom. The Bertz CT molecular complexity index is 621. The topological polar surface area (TPSA) is 97.0 Å². The molecule has 0 aliphatic carbocycles. The summed E-state index contributed by atoms with van der Waals surface area (Å²) in [5.74, 6) is 0. The Kier molecular flexibility index (Phi) is 6.16. The summed E-state index contributed by atoms with van der Waals surface area (Å²) in [4.78, 5) is 10.9. The minimum Gasteiger partial charge on any atom is -0.465 e. The van der Waals surface area contributed by atoms with Crippen LogP contribution in [0.25, 0.3) is 0 Å². The lowest BCUT2D eigenvalue weighted by Gasteiger charge is -2.17. The molecule has 0 bridgehead atoms. The van der Waals surface area contributed by atoms with Gasteiger partial charge >= 0.3 is 6.09 Å².